The number of nitrogens with zero attached hydrogens (tertiary/aromatic N) is 1. The number of esters is 1. The Morgan fingerprint density at radius 3 is 2.92 bits per heavy atom. The smallest absolute Gasteiger partial charge is 0.356 e. The first kappa shape index (κ1) is 9.37. The molecule has 0 saturated heterocycles. The zero-order chi connectivity index (χ0) is 9.14. The van der Waals surface area contributed by atoms with Crippen LogP contribution < -0.4 is 0 Å². The Labute approximate surface area is 82.1 Å². The minimum Gasteiger partial charge on any atom is -0.464 e. The molecule has 0 saturated carbocycles. The molecule has 0 aromatic carbocycles. The molecule has 0 fully saturated rings. The van der Waals surface area contributed by atoms with Crippen LogP contribution in [0.1, 0.15) is 10.5 Å². The maximum Gasteiger partial charge on any atom is 0.356 e. The number of carbonyl (C=O) groups excluding carboxylic acids is 1. The van der Waals surface area contributed by atoms with Gasteiger partial charge in [0.05, 0.1) is 10.7 Å². The second-order valence-corrected chi connectivity index (χ2v) is 3.14. The lowest BCUT2D eigenvalue weighted by Crippen LogP contribution is -2.05. The van der Waals surface area contributed by atoms with Crippen molar-refractivity contribution in [1.29, 1.82) is 0 Å². The van der Waals surface area contributed by atoms with E-state index in [1.54, 1.807) is 22.6 Å². The third-order valence-electron chi connectivity index (χ3n) is 1.20. The number of aromatic nitrogens is 1. The van der Waals surface area contributed by atoms with E-state index in [-0.39, 0.29) is 5.69 Å². The zero-order valence-corrected chi connectivity index (χ0v) is 8.33. The number of hydrogen-bond donors (Lipinski definition) is 0. The van der Waals surface area contributed by atoms with Crippen LogP contribution in [0.5, 0.6) is 0 Å². The van der Waals surface area contributed by atoms with E-state index in [9.17, 15) is 9.18 Å². The van der Waals surface area contributed by atoms with E-state index in [1.165, 1.54) is 13.3 Å². The number of halogens is 2. The van der Waals surface area contributed by atoms with E-state index in [2.05, 4.69) is 9.72 Å². The molecule has 0 unspecified atom stereocenters. The van der Waals surface area contributed by atoms with Crippen molar-refractivity contribution in [2.45, 2.75) is 0 Å². The molecule has 0 atom stereocenters. The lowest BCUT2D eigenvalue weighted by molar-refractivity contribution is 0.0593. The zero-order valence-electron chi connectivity index (χ0n) is 6.17. The highest BCUT2D eigenvalue weighted by molar-refractivity contribution is 14.1. The van der Waals surface area contributed by atoms with Gasteiger partial charge in [0.2, 0.25) is 0 Å². The van der Waals surface area contributed by atoms with Crippen molar-refractivity contribution < 1.29 is 13.9 Å². The van der Waals surface area contributed by atoms with Crippen molar-refractivity contribution in [1.82, 2.24) is 4.98 Å². The Kier molecular flexibility index (Phi) is 2.96. The number of rotatable bonds is 1. The number of pyridine rings is 1. The minimum atomic E-state index is -0.634. The van der Waals surface area contributed by atoms with Crippen molar-refractivity contribution in [3.63, 3.8) is 0 Å². The largest absolute Gasteiger partial charge is 0.464 e. The fourth-order valence-electron chi connectivity index (χ4n) is 0.630. The van der Waals surface area contributed by atoms with E-state index >= 15 is 0 Å². The molecule has 0 bridgehead atoms. The van der Waals surface area contributed by atoms with Crippen LogP contribution in [0.3, 0.4) is 0 Å². The molecule has 1 aromatic rings. The van der Waals surface area contributed by atoms with Crippen LogP contribution in [0.25, 0.3) is 0 Å². The number of methoxy groups -OCH3 is 1. The van der Waals surface area contributed by atoms with Crippen molar-refractivity contribution in [2.24, 2.45) is 0 Å². The van der Waals surface area contributed by atoms with Crippen molar-refractivity contribution in [2.75, 3.05) is 7.11 Å². The Morgan fingerprint density at radius 2 is 2.42 bits per heavy atom. The van der Waals surface area contributed by atoms with Gasteiger partial charge in [0, 0.05) is 12.3 Å². The lowest BCUT2D eigenvalue weighted by atomic mass is 10.3. The number of carbonyl (C=O) groups is 1. The molecule has 1 heterocycles. The monoisotopic (exact) mass is 281 g/mol. The third-order valence-corrected chi connectivity index (χ3v) is 2.00. The summed E-state index contributed by atoms with van der Waals surface area (Å²) < 4.78 is 17.6. The first-order chi connectivity index (χ1) is 5.65. The first-order valence-corrected chi connectivity index (χ1v) is 4.12. The van der Waals surface area contributed by atoms with Crippen LogP contribution in [0, 0.1) is 9.39 Å². The van der Waals surface area contributed by atoms with Crippen LogP contribution in [0.15, 0.2) is 12.3 Å². The Morgan fingerprint density at radius 1 is 1.75 bits per heavy atom. The van der Waals surface area contributed by atoms with Crippen molar-refractivity contribution in [3.8, 4) is 0 Å². The Balaban J connectivity index is 3.05. The van der Waals surface area contributed by atoms with Crippen LogP contribution in [0.2, 0.25) is 0 Å². The van der Waals surface area contributed by atoms with Gasteiger partial charge in [-0.25, -0.2) is 14.2 Å². The van der Waals surface area contributed by atoms with Gasteiger partial charge in [-0.2, -0.15) is 0 Å². The Hall–Kier alpha value is -0.720. The highest BCUT2D eigenvalue weighted by atomic mass is 127. The summed E-state index contributed by atoms with van der Waals surface area (Å²) in [6.07, 6.45) is 1.28. The second kappa shape index (κ2) is 3.79. The van der Waals surface area contributed by atoms with E-state index in [1.807, 2.05) is 0 Å². The molecule has 5 heteroatoms. The molecule has 0 aliphatic carbocycles. The molecule has 64 valence electrons. The molecule has 0 amide bonds. The fraction of sp³-hybridized carbons (Fsp3) is 0.143. The summed E-state index contributed by atoms with van der Waals surface area (Å²) in [5.74, 6) is -1.10. The highest BCUT2D eigenvalue weighted by Crippen LogP contribution is 2.10. The van der Waals surface area contributed by atoms with Gasteiger partial charge in [-0.05, 0) is 22.6 Å². The molecule has 1 aromatic heterocycles. The van der Waals surface area contributed by atoms with E-state index in [4.69, 9.17) is 0 Å². The van der Waals surface area contributed by atoms with Crippen LogP contribution in [-0.4, -0.2) is 18.1 Å². The van der Waals surface area contributed by atoms with E-state index in [0.717, 1.165) is 6.07 Å². The summed E-state index contributed by atoms with van der Waals surface area (Å²) in [5, 5.41) is 0. The molecule has 0 aliphatic rings. The summed E-state index contributed by atoms with van der Waals surface area (Å²) in [4.78, 5) is 14.5. The Bertz CT molecular complexity index is 316. The topological polar surface area (TPSA) is 39.2 Å². The second-order valence-electron chi connectivity index (χ2n) is 1.98. The molecule has 0 aliphatic heterocycles. The molecule has 0 N–H and O–H groups in total. The average molecular weight is 281 g/mol. The van der Waals surface area contributed by atoms with Crippen molar-refractivity contribution >= 4 is 28.6 Å². The standard InChI is InChI=1S/C7H5FINO2/c1-12-7(11)6-2-4(8)5(9)3-10-6/h2-3H,1H3. The van der Waals surface area contributed by atoms with Gasteiger partial charge in [0.15, 0.2) is 5.69 Å². The van der Waals surface area contributed by atoms with E-state index < -0.39 is 11.8 Å². The molecular formula is C7H5FINO2. The molecular weight excluding hydrogens is 276 g/mol. The SMILES string of the molecule is COC(=O)c1cc(F)c(I)cn1. The van der Waals surface area contributed by atoms with Gasteiger partial charge >= 0.3 is 5.97 Å². The molecule has 0 radical (unpaired) electrons. The molecule has 1 rings (SSSR count). The lowest BCUT2D eigenvalue weighted by Gasteiger charge is -1.98. The van der Waals surface area contributed by atoms with Crippen LogP contribution in [-0.2, 0) is 4.74 Å². The highest BCUT2D eigenvalue weighted by Gasteiger charge is 2.09. The molecule has 12 heavy (non-hydrogen) atoms. The average Bonchev–Trinajstić information content (AvgIpc) is 2.08. The predicted octanol–water partition coefficient (Wildman–Crippen LogP) is 1.61. The summed E-state index contributed by atoms with van der Waals surface area (Å²) in [6, 6.07) is 1.05. The van der Waals surface area contributed by atoms with E-state index in [0.29, 0.717) is 3.57 Å². The summed E-state index contributed by atoms with van der Waals surface area (Å²) in [6.45, 7) is 0. The summed E-state index contributed by atoms with van der Waals surface area (Å²) >= 11 is 1.79. The molecule has 0 spiro atoms. The number of hydrogen-bond acceptors (Lipinski definition) is 3. The van der Waals surface area contributed by atoms with Crippen molar-refractivity contribution in [3.05, 3.63) is 27.3 Å². The molecule has 3 nitrogen and oxygen atoms in total. The first-order valence-electron chi connectivity index (χ1n) is 3.04. The summed E-state index contributed by atoms with van der Waals surface area (Å²) in [7, 11) is 1.22. The van der Waals surface area contributed by atoms with Gasteiger partial charge < -0.3 is 4.74 Å². The normalized spacial score (nSPS) is 9.58. The fourth-order valence-corrected chi connectivity index (χ4v) is 0.925. The predicted molar refractivity (Wildman–Crippen MR) is 48.3 cm³/mol. The van der Waals surface area contributed by atoms with Gasteiger partial charge in [-0.3, -0.25) is 0 Å². The van der Waals surface area contributed by atoms with Crippen LogP contribution >= 0.6 is 22.6 Å². The number of ether oxygens (including phenoxy) is 1. The minimum absolute atomic E-state index is 0.0181. The van der Waals surface area contributed by atoms with Gasteiger partial charge in [-0.1, -0.05) is 0 Å². The van der Waals surface area contributed by atoms with Crippen LogP contribution in [0.4, 0.5) is 4.39 Å². The quantitative estimate of drug-likeness (QED) is 0.580. The van der Waals surface area contributed by atoms with Gasteiger partial charge in [0.25, 0.3) is 0 Å². The van der Waals surface area contributed by atoms with Gasteiger partial charge in [-0.15, -0.1) is 0 Å². The maximum absolute atomic E-state index is 12.8. The summed E-state index contributed by atoms with van der Waals surface area (Å²) in [5.41, 5.74) is -0.0181. The third kappa shape index (κ3) is 1.90. The maximum atomic E-state index is 12.8. The van der Waals surface area contributed by atoms with Gasteiger partial charge in [0.1, 0.15) is 5.82 Å².